The molecule has 3 atom stereocenters. The smallest absolute Gasteiger partial charge is 0.113 e. The Bertz CT molecular complexity index is 380. The molecule has 0 radical (unpaired) electrons. The molecule has 1 aliphatic carbocycles. The zero-order chi connectivity index (χ0) is 10.4. The maximum atomic E-state index is 5.72. The molecule has 15 heavy (non-hydrogen) atoms. The molecule has 1 heterocycles. The van der Waals surface area contributed by atoms with Crippen molar-refractivity contribution in [2.45, 2.75) is 25.6 Å². The Morgan fingerprint density at radius 2 is 2.07 bits per heavy atom. The highest BCUT2D eigenvalue weighted by atomic mass is 17.0. The number of hydrogen-bond donors (Lipinski definition) is 0. The third kappa shape index (κ3) is 1.39. The Kier molecular flexibility index (Phi) is 2.06. The van der Waals surface area contributed by atoms with Crippen LogP contribution in [0, 0.1) is 5.92 Å². The number of fused-ring (bicyclic) bond motifs is 3. The molecule has 0 N–H and O–H groups in total. The van der Waals surface area contributed by atoms with Crippen LogP contribution in [0.2, 0.25) is 0 Å². The van der Waals surface area contributed by atoms with E-state index >= 15 is 0 Å². The molecular formula is C12H15NO2. The monoisotopic (exact) mass is 205 g/mol. The van der Waals surface area contributed by atoms with Crippen LogP contribution in [0.4, 0.5) is 0 Å². The van der Waals surface area contributed by atoms with Gasteiger partial charge in [0, 0.05) is 13.0 Å². The van der Waals surface area contributed by atoms with Crippen molar-refractivity contribution in [3.63, 3.8) is 0 Å². The Morgan fingerprint density at radius 1 is 1.27 bits per heavy atom. The summed E-state index contributed by atoms with van der Waals surface area (Å²) in [5.41, 5.74) is 2.72. The van der Waals surface area contributed by atoms with Crippen LogP contribution in [-0.2, 0) is 16.1 Å². The molecule has 3 nitrogen and oxygen atoms in total. The van der Waals surface area contributed by atoms with Crippen LogP contribution in [0.25, 0.3) is 0 Å². The van der Waals surface area contributed by atoms with E-state index in [0.29, 0.717) is 5.92 Å². The van der Waals surface area contributed by atoms with E-state index in [1.165, 1.54) is 16.4 Å². The minimum atomic E-state index is 0.176. The second-order valence-electron chi connectivity index (χ2n) is 4.34. The lowest BCUT2D eigenvalue weighted by Crippen LogP contribution is -2.40. The minimum absolute atomic E-state index is 0.176. The van der Waals surface area contributed by atoms with Crippen LogP contribution < -0.4 is 0 Å². The van der Waals surface area contributed by atoms with Crippen molar-refractivity contribution in [2.24, 2.45) is 5.92 Å². The first-order valence-electron chi connectivity index (χ1n) is 5.41. The average molecular weight is 205 g/mol. The van der Waals surface area contributed by atoms with Gasteiger partial charge in [0.2, 0.25) is 0 Å². The van der Waals surface area contributed by atoms with Crippen molar-refractivity contribution in [3.05, 3.63) is 35.4 Å². The third-order valence-corrected chi connectivity index (χ3v) is 3.39. The second kappa shape index (κ2) is 3.30. The highest BCUT2D eigenvalue weighted by Gasteiger charge is 2.42. The summed E-state index contributed by atoms with van der Waals surface area (Å²) >= 11 is 0. The maximum Gasteiger partial charge on any atom is 0.113 e. The molecule has 1 saturated heterocycles. The van der Waals surface area contributed by atoms with Gasteiger partial charge in [-0.2, -0.15) is 0 Å². The van der Waals surface area contributed by atoms with Gasteiger partial charge in [0.25, 0.3) is 0 Å². The normalized spacial score (nSPS) is 34.9. The zero-order valence-corrected chi connectivity index (χ0v) is 9.01. The van der Waals surface area contributed by atoms with Crippen molar-refractivity contribution >= 4 is 0 Å². The molecule has 0 spiro atoms. The van der Waals surface area contributed by atoms with Crippen LogP contribution in [0.1, 0.15) is 24.2 Å². The molecule has 1 fully saturated rings. The van der Waals surface area contributed by atoms with Crippen LogP contribution in [0.5, 0.6) is 0 Å². The van der Waals surface area contributed by atoms with Gasteiger partial charge in [-0.25, -0.2) is 0 Å². The summed E-state index contributed by atoms with van der Waals surface area (Å²) in [4.78, 5) is 11.3. The quantitative estimate of drug-likeness (QED) is 0.647. The first-order chi connectivity index (χ1) is 7.25. The van der Waals surface area contributed by atoms with Gasteiger partial charge in [-0.15, -0.1) is 0 Å². The van der Waals surface area contributed by atoms with Crippen LogP contribution >= 0.6 is 0 Å². The molecule has 1 unspecified atom stereocenters. The summed E-state index contributed by atoms with van der Waals surface area (Å²) in [5, 5.41) is 1.49. The molecular weight excluding hydrogens is 190 g/mol. The first kappa shape index (κ1) is 9.33. The Balaban J connectivity index is 1.98. The Morgan fingerprint density at radius 3 is 2.93 bits per heavy atom. The van der Waals surface area contributed by atoms with Gasteiger partial charge in [-0.1, -0.05) is 29.5 Å². The lowest BCUT2D eigenvalue weighted by atomic mass is 9.97. The summed E-state index contributed by atoms with van der Waals surface area (Å²) in [7, 11) is 1.81. The Hall–Kier alpha value is -0.900. The van der Waals surface area contributed by atoms with E-state index in [9.17, 15) is 0 Å². The van der Waals surface area contributed by atoms with Gasteiger partial charge in [0.05, 0.1) is 6.10 Å². The number of nitrogens with zero attached hydrogens (tertiary/aromatic N) is 1. The molecule has 1 aromatic rings. The maximum absolute atomic E-state index is 5.72. The summed E-state index contributed by atoms with van der Waals surface area (Å²) < 4.78 is 0. The molecule has 0 bridgehead atoms. The number of rotatable bonds is 0. The van der Waals surface area contributed by atoms with Gasteiger partial charge in [-0.05, 0) is 24.5 Å². The molecule has 1 aromatic carbocycles. The van der Waals surface area contributed by atoms with Crippen LogP contribution in [0.3, 0.4) is 0 Å². The molecule has 3 rings (SSSR count). The van der Waals surface area contributed by atoms with Gasteiger partial charge in [0.1, 0.15) is 6.10 Å². The van der Waals surface area contributed by atoms with Gasteiger partial charge in [0.15, 0.2) is 0 Å². The van der Waals surface area contributed by atoms with Crippen molar-refractivity contribution in [1.29, 1.82) is 0 Å². The number of hydroxylamine groups is 2. The van der Waals surface area contributed by atoms with Gasteiger partial charge >= 0.3 is 0 Å². The SMILES string of the molecule is CC1ON(C)O[C@@H]2c3ccccc3C[C@H]12. The van der Waals surface area contributed by atoms with E-state index in [0.717, 1.165) is 6.42 Å². The van der Waals surface area contributed by atoms with Crippen molar-refractivity contribution in [2.75, 3.05) is 7.05 Å². The standard InChI is InChI=1S/C12H15NO2/c1-8-11-7-9-5-3-4-6-10(9)12(11)15-13(2)14-8/h3-6,8,11-12H,7H2,1-2H3/t8?,11-,12-/m1/s1. The van der Waals surface area contributed by atoms with E-state index < -0.39 is 0 Å². The lowest BCUT2D eigenvalue weighted by molar-refractivity contribution is -0.434. The van der Waals surface area contributed by atoms with E-state index in [4.69, 9.17) is 9.68 Å². The fourth-order valence-corrected chi connectivity index (χ4v) is 2.63. The summed E-state index contributed by atoms with van der Waals surface area (Å²) in [6.45, 7) is 2.11. The van der Waals surface area contributed by atoms with Crippen LogP contribution in [0.15, 0.2) is 24.3 Å². The lowest BCUT2D eigenvalue weighted by Gasteiger charge is -2.36. The first-order valence-corrected chi connectivity index (χ1v) is 5.41. The second-order valence-corrected chi connectivity index (χ2v) is 4.34. The fourth-order valence-electron chi connectivity index (χ4n) is 2.63. The molecule has 0 amide bonds. The highest BCUT2D eigenvalue weighted by molar-refractivity contribution is 5.35. The van der Waals surface area contributed by atoms with Crippen molar-refractivity contribution < 1.29 is 9.68 Å². The molecule has 0 saturated carbocycles. The molecule has 80 valence electrons. The van der Waals surface area contributed by atoms with Crippen molar-refractivity contribution in [1.82, 2.24) is 5.23 Å². The topological polar surface area (TPSA) is 21.7 Å². The molecule has 0 aromatic heterocycles. The van der Waals surface area contributed by atoms with Crippen LogP contribution in [-0.4, -0.2) is 18.4 Å². The summed E-state index contributed by atoms with van der Waals surface area (Å²) in [6.07, 6.45) is 1.46. The summed E-state index contributed by atoms with van der Waals surface area (Å²) in [6, 6.07) is 8.51. The highest BCUT2D eigenvalue weighted by Crippen LogP contribution is 2.44. The molecule has 1 aliphatic heterocycles. The molecule has 3 heteroatoms. The zero-order valence-electron chi connectivity index (χ0n) is 9.01. The summed E-state index contributed by atoms with van der Waals surface area (Å²) in [5.74, 6) is 0.457. The number of benzene rings is 1. The Labute approximate surface area is 89.5 Å². The predicted molar refractivity (Wildman–Crippen MR) is 55.8 cm³/mol. The van der Waals surface area contributed by atoms with E-state index in [2.05, 4.69) is 31.2 Å². The van der Waals surface area contributed by atoms with Gasteiger partial charge in [-0.3, -0.25) is 9.68 Å². The predicted octanol–water partition coefficient (Wildman–Crippen LogP) is 2.10. The van der Waals surface area contributed by atoms with E-state index in [-0.39, 0.29) is 12.2 Å². The molecule has 2 aliphatic rings. The minimum Gasteiger partial charge on any atom is -0.271 e. The largest absolute Gasteiger partial charge is 0.271 e. The average Bonchev–Trinajstić information content (AvgIpc) is 2.57. The number of hydrogen-bond acceptors (Lipinski definition) is 3. The van der Waals surface area contributed by atoms with E-state index in [1.54, 1.807) is 0 Å². The third-order valence-electron chi connectivity index (χ3n) is 3.39. The van der Waals surface area contributed by atoms with Gasteiger partial charge < -0.3 is 0 Å². The fraction of sp³-hybridized carbons (Fsp3) is 0.500. The van der Waals surface area contributed by atoms with Crippen molar-refractivity contribution in [3.8, 4) is 0 Å². The van der Waals surface area contributed by atoms with E-state index in [1.807, 2.05) is 7.05 Å².